The number of benzene rings is 1. The summed E-state index contributed by atoms with van der Waals surface area (Å²) in [5, 5.41) is 10.6. The summed E-state index contributed by atoms with van der Waals surface area (Å²) in [5.74, 6) is 2.35. The van der Waals surface area contributed by atoms with E-state index in [-0.39, 0.29) is 0 Å². The van der Waals surface area contributed by atoms with Gasteiger partial charge in [0.05, 0.1) is 7.11 Å². The second-order valence-electron chi connectivity index (χ2n) is 4.54. The first-order valence-corrected chi connectivity index (χ1v) is 6.83. The van der Waals surface area contributed by atoms with E-state index in [0.29, 0.717) is 0 Å². The minimum Gasteiger partial charge on any atom is -0.497 e. The molecule has 1 unspecified atom stereocenters. The average molecular weight is 325 g/mol. The Morgan fingerprint density at radius 2 is 1.89 bits per heavy atom. The SMILES string of the molecule is COc1ccc(C(O)c2c(C)oc(C)c2C)c(Br)c1. The molecule has 0 spiro atoms. The van der Waals surface area contributed by atoms with Crippen LogP contribution in [0.5, 0.6) is 5.75 Å². The van der Waals surface area contributed by atoms with Crippen molar-refractivity contribution in [3.63, 3.8) is 0 Å². The van der Waals surface area contributed by atoms with Crippen molar-refractivity contribution in [1.82, 2.24) is 0 Å². The van der Waals surface area contributed by atoms with Gasteiger partial charge in [0.25, 0.3) is 0 Å². The molecule has 1 N–H and O–H groups in total. The van der Waals surface area contributed by atoms with Crippen LogP contribution in [0.15, 0.2) is 27.1 Å². The Hall–Kier alpha value is -1.26. The molecule has 0 bridgehead atoms. The summed E-state index contributed by atoms with van der Waals surface area (Å²) in [4.78, 5) is 0. The van der Waals surface area contributed by atoms with Gasteiger partial charge in [-0.1, -0.05) is 22.0 Å². The van der Waals surface area contributed by atoms with Gasteiger partial charge in [0.1, 0.15) is 23.4 Å². The fourth-order valence-electron chi connectivity index (χ4n) is 2.22. The van der Waals surface area contributed by atoms with Gasteiger partial charge in [-0.25, -0.2) is 0 Å². The van der Waals surface area contributed by atoms with Gasteiger partial charge in [0, 0.05) is 10.0 Å². The van der Waals surface area contributed by atoms with Gasteiger partial charge in [-0.15, -0.1) is 0 Å². The number of aryl methyl sites for hydroxylation is 2. The maximum atomic E-state index is 10.6. The first-order valence-electron chi connectivity index (χ1n) is 6.03. The summed E-state index contributed by atoms with van der Waals surface area (Å²) in [6.07, 6.45) is -0.710. The zero-order valence-electron chi connectivity index (χ0n) is 11.5. The Bertz CT molecular complexity index is 602. The zero-order valence-corrected chi connectivity index (χ0v) is 13.0. The smallest absolute Gasteiger partial charge is 0.120 e. The van der Waals surface area contributed by atoms with Gasteiger partial charge >= 0.3 is 0 Å². The molecule has 4 heteroatoms. The molecule has 102 valence electrons. The summed E-state index contributed by atoms with van der Waals surface area (Å²) >= 11 is 3.47. The molecule has 1 atom stereocenters. The summed E-state index contributed by atoms with van der Waals surface area (Å²) in [6.45, 7) is 5.74. The number of ether oxygens (including phenoxy) is 1. The maximum Gasteiger partial charge on any atom is 0.120 e. The highest BCUT2D eigenvalue weighted by molar-refractivity contribution is 9.10. The second kappa shape index (κ2) is 5.39. The molecular weight excluding hydrogens is 308 g/mol. The molecule has 2 rings (SSSR count). The second-order valence-corrected chi connectivity index (χ2v) is 5.40. The Morgan fingerprint density at radius 3 is 2.37 bits per heavy atom. The predicted octanol–water partition coefficient (Wildman–Crippen LogP) is 4.06. The molecule has 1 heterocycles. The topological polar surface area (TPSA) is 42.6 Å². The van der Waals surface area contributed by atoms with Gasteiger partial charge < -0.3 is 14.3 Å². The van der Waals surface area contributed by atoms with Crippen LogP contribution < -0.4 is 4.74 Å². The van der Waals surface area contributed by atoms with E-state index in [4.69, 9.17) is 9.15 Å². The van der Waals surface area contributed by atoms with Crippen LogP contribution in [-0.2, 0) is 0 Å². The van der Waals surface area contributed by atoms with E-state index < -0.39 is 6.10 Å². The molecule has 0 radical (unpaired) electrons. The lowest BCUT2D eigenvalue weighted by Crippen LogP contribution is -2.03. The molecule has 0 aliphatic carbocycles. The monoisotopic (exact) mass is 324 g/mol. The van der Waals surface area contributed by atoms with Crippen molar-refractivity contribution in [2.75, 3.05) is 7.11 Å². The number of aliphatic hydroxyl groups excluding tert-OH is 1. The molecule has 0 aliphatic rings. The highest BCUT2D eigenvalue weighted by Crippen LogP contribution is 2.35. The predicted molar refractivity (Wildman–Crippen MR) is 77.7 cm³/mol. The van der Waals surface area contributed by atoms with Crippen LogP contribution in [0.4, 0.5) is 0 Å². The van der Waals surface area contributed by atoms with Crippen molar-refractivity contribution in [1.29, 1.82) is 0 Å². The lowest BCUT2D eigenvalue weighted by atomic mass is 9.98. The van der Waals surface area contributed by atoms with Crippen LogP contribution in [-0.4, -0.2) is 12.2 Å². The lowest BCUT2D eigenvalue weighted by molar-refractivity contribution is 0.216. The third kappa shape index (κ3) is 2.55. The van der Waals surface area contributed by atoms with Crippen molar-refractivity contribution in [3.05, 3.63) is 50.9 Å². The van der Waals surface area contributed by atoms with Crippen LogP contribution in [0.2, 0.25) is 0 Å². The quantitative estimate of drug-likeness (QED) is 0.925. The molecule has 0 saturated heterocycles. The molecule has 0 saturated carbocycles. The minimum atomic E-state index is -0.710. The number of hydrogen-bond donors (Lipinski definition) is 1. The maximum absolute atomic E-state index is 10.6. The summed E-state index contributed by atoms with van der Waals surface area (Å²) in [5.41, 5.74) is 2.63. The molecule has 3 nitrogen and oxygen atoms in total. The van der Waals surface area contributed by atoms with Gasteiger partial charge in [-0.05, 0) is 44.0 Å². The normalized spacial score (nSPS) is 12.5. The van der Waals surface area contributed by atoms with Crippen LogP contribution in [0.1, 0.15) is 34.3 Å². The molecule has 0 aliphatic heterocycles. The van der Waals surface area contributed by atoms with Crippen molar-refractivity contribution >= 4 is 15.9 Å². The first-order chi connectivity index (χ1) is 8.95. The fraction of sp³-hybridized carbons (Fsp3) is 0.333. The third-order valence-corrected chi connectivity index (χ3v) is 4.08. The lowest BCUT2D eigenvalue weighted by Gasteiger charge is -2.14. The van der Waals surface area contributed by atoms with E-state index in [1.807, 2.05) is 39.0 Å². The highest BCUT2D eigenvalue weighted by Gasteiger charge is 2.22. The van der Waals surface area contributed by atoms with Crippen LogP contribution in [0.3, 0.4) is 0 Å². The standard InChI is InChI=1S/C15H17BrO3/c1-8-9(2)19-10(3)14(8)15(17)12-6-5-11(18-4)7-13(12)16/h5-7,15,17H,1-4H3. The van der Waals surface area contributed by atoms with Gasteiger partial charge in [-0.3, -0.25) is 0 Å². The molecule has 0 amide bonds. The number of rotatable bonds is 3. The van der Waals surface area contributed by atoms with Crippen LogP contribution in [0.25, 0.3) is 0 Å². The van der Waals surface area contributed by atoms with Gasteiger partial charge in [0.2, 0.25) is 0 Å². The Labute approximate surface area is 121 Å². The van der Waals surface area contributed by atoms with E-state index in [9.17, 15) is 5.11 Å². The Morgan fingerprint density at radius 1 is 1.21 bits per heavy atom. The molecular formula is C15H17BrO3. The largest absolute Gasteiger partial charge is 0.497 e. The molecule has 1 aromatic carbocycles. The van der Waals surface area contributed by atoms with E-state index in [0.717, 1.165) is 38.4 Å². The van der Waals surface area contributed by atoms with Crippen molar-refractivity contribution in [2.45, 2.75) is 26.9 Å². The zero-order chi connectivity index (χ0) is 14.2. The number of hydrogen-bond acceptors (Lipinski definition) is 3. The summed E-state index contributed by atoms with van der Waals surface area (Å²) < 4.78 is 11.5. The Kier molecular flexibility index (Phi) is 4.02. The summed E-state index contributed by atoms with van der Waals surface area (Å²) in [7, 11) is 1.62. The number of halogens is 1. The third-order valence-electron chi connectivity index (χ3n) is 3.39. The van der Waals surface area contributed by atoms with Crippen molar-refractivity contribution in [3.8, 4) is 5.75 Å². The average Bonchev–Trinajstić information content (AvgIpc) is 2.62. The van der Waals surface area contributed by atoms with Crippen LogP contribution in [0, 0.1) is 20.8 Å². The van der Waals surface area contributed by atoms with Crippen molar-refractivity contribution < 1.29 is 14.3 Å². The minimum absolute atomic E-state index is 0.710. The van der Waals surface area contributed by atoms with E-state index >= 15 is 0 Å². The van der Waals surface area contributed by atoms with E-state index in [1.54, 1.807) is 7.11 Å². The molecule has 0 fully saturated rings. The van der Waals surface area contributed by atoms with Gasteiger partial charge in [0.15, 0.2) is 0 Å². The molecule has 1 aromatic heterocycles. The number of furan rings is 1. The number of methoxy groups -OCH3 is 1. The highest BCUT2D eigenvalue weighted by atomic mass is 79.9. The van der Waals surface area contributed by atoms with Gasteiger partial charge in [-0.2, -0.15) is 0 Å². The van der Waals surface area contributed by atoms with Crippen LogP contribution >= 0.6 is 15.9 Å². The summed E-state index contributed by atoms with van der Waals surface area (Å²) in [6, 6.07) is 5.53. The first kappa shape index (κ1) is 14.2. The van der Waals surface area contributed by atoms with E-state index in [1.165, 1.54) is 0 Å². The Balaban J connectivity index is 2.47. The fourth-order valence-corrected chi connectivity index (χ4v) is 2.80. The van der Waals surface area contributed by atoms with E-state index in [2.05, 4.69) is 15.9 Å². The molecule has 2 aromatic rings. The molecule has 19 heavy (non-hydrogen) atoms. The van der Waals surface area contributed by atoms with Crippen molar-refractivity contribution in [2.24, 2.45) is 0 Å². The number of aliphatic hydroxyl groups is 1.